The van der Waals surface area contributed by atoms with Crippen molar-refractivity contribution in [3.8, 4) is 0 Å². The van der Waals surface area contributed by atoms with Crippen LogP contribution in [0.3, 0.4) is 0 Å². The number of benzene rings is 1. The van der Waals surface area contributed by atoms with Crippen LogP contribution in [0.5, 0.6) is 0 Å². The van der Waals surface area contributed by atoms with Crippen molar-refractivity contribution in [2.45, 2.75) is 38.8 Å². The van der Waals surface area contributed by atoms with Gasteiger partial charge in [0.1, 0.15) is 0 Å². The van der Waals surface area contributed by atoms with Crippen molar-refractivity contribution in [1.29, 1.82) is 0 Å². The van der Waals surface area contributed by atoms with E-state index in [2.05, 4.69) is 44.5 Å². The van der Waals surface area contributed by atoms with E-state index in [-0.39, 0.29) is 5.97 Å². The molecule has 6 nitrogen and oxygen atoms in total. The summed E-state index contributed by atoms with van der Waals surface area (Å²) in [6, 6.07) is 8.49. The third-order valence-electron chi connectivity index (χ3n) is 4.63. The van der Waals surface area contributed by atoms with Crippen LogP contribution in [0.15, 0.2) is 24.3 Å². The normalized spacial score (nSPS) is 14.6. The quantitative estimate of drug-likeness (QED) is 0.359. The number of rotatable bonds is 10. The van der Waals surface area contributed by atoms with Gasteiger partial charge in [0.15, 0.2) is 5.11 Å². The van der Waals surface area contributed by atoms with Crippen molar-refractivity contribution in [2.24, 2.45) is 0 Å². The van der Waals surface area contributed by atoms with Gasteiger partial charge in [0.05, 0.1) is 20.3 Å². The molecular weight excluding hydrogens is 362 g/mol. The Morgan fingerprint density at radius 2 is 1.89 bits per heavy atom. The fourth-order valence-corrected chi connectivity index (χ4v) is 3.17. The van der Waals surface area contributed by atoms with E-state index in [1.165, 1.54) is 18.2 Å². The van der Waals surface area contributed by atoms with E-state index in [0.29, 0.717) is 18.1 Å². The average molecular weight is 394 g/mol. The van der Waals surface area contributed by atoms with Gasteiger partial charge in [0.2, 0.25) is 0 Å². The molecule has 1 saturated heterocycles. The Bertz CT molecular complexity index is 592. The van der Waals surface area contributed by atoms with Gasteiger partial charge in [-0.15, -0.1) is 0 Å². The maximum absolute atomic E-state index is 11.0. The molecule has 0 radical (unpaired) electrons. The lowest BCUT2D eigenvalue weighted by Crippen LogP contribution is -2.37. The number of nitrogens with zero attached hydrogens (tertiary/aromatic N) is 1. The summed E-state index contributed by atoms with van der Waals surface area (Å²) in [4.78, 5) is 13.5. The molecule has 1 aromatic carbocycles. The lowest BCUT2D eigenvalue weighted by molar-refractivity contribution is -0.140. The molecule has 2 rings (SSSR count). The molecule has 0 spiro atoms. The zero-order valence-corrected chi connectivity index (χ0v) is 17.0. The standard InChI is InChI=1S/C20H31N3O3S/c1-25-19(24)9-3-2-6-10-21-20(27)22-15-17-7-4-5-8-18(17)16-23-11-13-26-14-12-23/h4-5,7-8H,2-3,6,9-16H2,1H3,(H2,21,22,27). The Morgan fingerprint density at radius 3 is 2.63 bits per heavy atom. The summed E-state index contributed by atoms with van der Waals surface area (Å²) in [5, 5.41) is 7.20. The first-order valence-electron chi connectivity index (χ1n) is 9.64. The van der Waals surface area contributed by atoms with Gasteiger partial charge >= 0.3 is 5.97 Å². The van der Waals surface area contributed by atoms with Crippen LogP contribution in [0.2, 0.25) is 0 Å². The van der Waals surface area contributed by atoms with Crippen molar-refractivity contribution in [3.05, 3.63) is 35.4 Å². The zero-order valence-electron chi connectivity index (χ0n) is 16.2. The molecule has 0 saturated carbocycles. The minimum atomic E-state index is -0.143. The minimum absolute atomic E-state index is 0.143. The monoisotopic (exact) mass is 393 g/mol. The number of nitrogens with one attached hydrogen (secondary N) is 2. The van der Waals surface area contributed by atoms with E-state index < -0.39 is 0 Å². The minimum Gasteiger partial charge on any atom is -0.469 e. The maximum atomic E-state index is 11.0. The topological polar surface area (TPSA) is 62.8 Å². The van der Waals surface area contributed by atoms with E-state index in [1.54, 1.807) is 0 Å². The number of hydrogen-bond donors (Lipinski definition) is 2. The molecule has 0 atom stereocenters. The number of esters is 1. The van der Waals surface area contributed by atoms with Crippen LogP contribution in [-0.2, 0) is 27.4 Å². The number of carbonyl (C=O) groups is 1. The molecule has 1 heterocycles. The number of carbonyl (C=O) groups excluding carboxylic acids is 1. The van der Waals surface area contributed by atoms with Crippen LogP contribution in [0.1, 0.15) is 36.8 Å². The number of morpholine rings is 1. The average Bonchev–Trinajstić information content (AvgIpc) is 2.70. The Labute approximate surface area is 167 Å². The number of hydrogen-bond acceptors (Lipinski definition) is 5. The second-order valence-corrected chi connectivity index (χ2v) is 7.06. The predicted molar refractivity (Wildman–Crippen MR) is 110 cm³/mol. The summed E-state index contributed by atoms with van der Waals surface area (Å²) < 4.78 is 10.1. The lowest BCUT2D eigenvalue weighted by atomic mass is 10.1. The highest BCUT2D eigenvalue weighted by Gasteiger charge is 2.12. The van der Waals surface area contributed by atoms with Crippen LogP contribution < -0.4 is 10.6 Å². The Kier molecular flexibility index (Phi) is 10.1. The van der Waals surface area contributed by atoms with Crippen molar-refractivity contribution in [1.82, 2.24) is 15.5 Å². The van der Waals surface area contributed by atoms with Gasteiger partial charge in [-0.2, -0.15) is 0 Å². The van der Waals surface area contributed by atoms with Crippen LogP contribution in [0.25, 0.3) is 0 Å². The molecule has 27 heavy (non-hydrogen) atoms. The Hall–Kier alpha value is -1.70. The van der Waals surface area contributed by atoms with Gasteiger partial charge in [-0.25, -0.2) is 0 Å². The third-order valence-corrected chi connectivity index (χ3v) is 4.92. The lowest BCUT2D eigenvalue weighted by Gasteiger charge is -2.27. The molecule has 2 N–H and O–H groups in total. The van der Waals surface area contributed by atoms with Crippen molar-refractivity contribution in [3.63, 3.8) is 0 Å². The SMILES string of the molecule is COC(=O)CCCCCNC(=S)NCc1ccccc1CN1CCOCC1. The zero-order chi connectivity index (χ0) is 19.3. The molecule has 150 valence electrons. The van der Waals surface area contributed by atoms with Crippen LogP contribution in [-0.4, -0.2) is 55.9 Å². The number of unbranched alkanes of at least 4 members (excludes halogenated alkanes) is 2. The maximum Gasteiger partial charge on any atom is 0.305 e. The Balaban J connectivity index is 1.65. The van der Waals surface area contributed by atoms with E-state index in [1.807, 2.05) is 0 Å². The van der Waals surface area contributed by atoms with Crippen molar-refractivity contribution in [2.75, 3.05) is 40.0 Å². The largest absolute Gasteiger partial charge is 0.469 e. The summed E-state index contributed by atoms with van der Waals surface area (Å²) in [6.45, 7) is 6.07. The predicted octanol–water partition coefficient (Wildman–Crippen LogP) is 2.22. The molecule has 1 aliphatic heterocycles. The summed E-state index contributed by atoms with van der Waals surface area (Å²) in [5.74, 6) is -0.143. The van der Waals surface area contributed by atoms with Gasteiger partial charge < -0.3 is 20.1 Å². The fourth-order valence-electron chi connectivity index (χ4n) is 3.00. The third kappa shape index (κ3) is 8.69. The van der Waals surface area contributed by atoms with Crippen molar-refractivity contribution < 1.29 is 14.3 Å². The molecule has 0 aliphatic carbocycles. The molecular formula is C20H31N3O3S. The Morgan fingerprint density at radius 1 is 1.15 bits per heavy atom. The van der Waals surface area contributed by atoms with Crippen LogP contribution in [0.4, 0.5) is 0 Å². The van der Waals surface area contributed by atoms with E-state index in [4.69, 9.17) is 17.0 Å². The van der Waals surface area contributed by atoms with E-state index in [0.717, 1.165) is 58.7 Å². The highest BCUT2D eigenvalue weighted by molar-refractivity contribution is 7.80. The molecule has 1 aromatic rings. The van der Waals surface area contributed by atoms with Gasteiger partial charge in [-0.3, -0.25) is 9.69 Å². The molecule has 1 aliphatic rings. The molecule has 0 aromatic heterocycles. The second kappa shape index (κ2) is 12.6. The summed E-state index contributed by atoms with van der Waals surface area (Å²) in [6.07, 6.45) is 3.29. The van der Waals surface area contributed by atoms with Crippen LogP contribution in [0, 0.1) is 0 Å². The van der Waals surface area contributed by atoms with Crippen LogP contribution >= 0.6 is 12.2 Å². The molecule has 0 amide bonds. The van der Waals surface area contributed by atoms with Gasteiger partial charge in [-0.1, -0.05) is 30.7 Å². The van der Waals surface area contributed by atoms with Gasteiger partial charge in [0, 0.05) is 39.1 Å². The smallest absolute Gasteiger partial charge is 0.305 e. The van der Waals surface area contributed by atoms with Gasteiger partial charge in [-0.05, 0) is 36.2 Å². The first-order valence-corrected chi connectivity index (χ1v) is 10.1. The highest BCUT2D eigenvalue weighted by atomic mass is 32.1. The molecule has 1 fully saturated rings. The van der Waals surface area contributed by atoms with Crippen molar-refractivity contribution >= 4 is 23.3 Å². The van der Waals surface area contributed by atoms with E-state index >= 15 is 0 Å². The summed E-state index contributed by atoms with van der Waals surface area (Å²) >= 11 is 5.37. The number of thiocarbonyl (C=S) groups is 1. The van der Waals surface area contributed by atoms with E-state index in [9.17, 15) is 4.79 Å². The first-order chi connectivity index (χ1) is 13.2. The first kappa shape index (κ1) is 21.6. The van der Waals surface area contributed by atoms with Gasteiger partial charge in [0.25, 0.3) is 0 Å². The number of methoxy groups -OCH3 is 1. The highest BCUT2D eigenvalue weighted by Crippen LogP contribution is 2.13. The number of ether oxygens (including phenoxy) is 2. The summed E-state index contributed by atoms with van der Waals surface area (Å²) in [5.41, 5.74) is 2.60. The summed E-state index contributed by atoms with van der Waals surface area (Å²) in [7, 11) is 1.42. The second-order valence-electron chi connectivity index (χ2n) is 6.65. The molecule has 0 bridgehead atoms. The molecule has 0 unspecified atom stereocenters. The molecule has 7 heteroatoms. The fraction of sp³-hybridized carbons (Fsp3) is 0.600.